The molecule has 3 N–H and O–H groups in total. The van der Waals surface area contributed by atoms with Gasteiger partial charge in [-0.3, -0.25) is 9.69 Å². The molecular weight excluding hydrogens is 474 g/mol. The molecule has 0 saturated heterocycles. The van der Waals surface area contributed by atoms with Crippen LogP contribution in [0.1, 0.15) is 36.6 Å². The van der Waals surface area contributed by atoms with Crippen molar-refractivity contribution in [1.29, 1.82) is 0 Å². The Morgan fingerprint density at radius 1 is 0.868 bits per heavy atom. The molecule has 5 aromatic rings. The predicted octanol–water partition coefficient (Wildman–Crippen LogP) is 6.68. The van der Waals surface area contributed by atoms with Crippen LogP contribution in [0.25, 0.3) is 21.7 Å². The van der Waals surface area contributed by atoms with Crippen molar-refractivity contribution in [2.24, 2.45) is 0 Å². The van der Waals surface area contributed by atoms with E-state index in [4.69, 9.17) is 0 Å². The lowest BCUT2D eigenvalue weighted by molar-refractivity contribution is -0.132. The zero-order chi connectivity index (χ0) is 26.7. The predicted molar refractivity (Wildman–Crippen MR) is 151 cm³/mol. The first-order valence-electron chi connectivity index (χ1n) is 12.7. The van der Waals surface area contributed by atoms with E-state index in [1.165, 1.54) is 4.90 Å². The third-order valence-corrected chi connectivity index (χ3v) is 7.38. The molecule has 1 heterocycles. The average molecular weight is 506 g/mol. The Bertz CT molecular complexity index is 1590. The van der Waals surface area contributed by atoms with Gasteiger partial charge in [0.25, 0.3) is 0 Å². The molecule has 2 unspecified atom stereocenters. The van der Waals surface area contributed by atoms with E-state index in [0.717, 1.165) is 38.4 Å². The lowest BCUT2D eigenvalue weighted by atomic mass is 9.88. The van der Waals surface area contributed by atoms with Crippen LogP contribution in [0.2, 0.25) is 0 Å². The standard InChI is InChI=1S/C32H31N3O3/c1-22(23-11-4-3-5-12-23)34-30(36)32(2,19-26-20-33-29-18-9-8-17-28(26)29)35(31(37)38)21-25-15-10-14-24-13-6-7-16-27(24)25/h3-18,20,22,33H,19,21H2,1-2H3,(H,34,36)(H,37,38). The first-order valence-corrected chi connectivity index (χ1v) is 12.7. The number of aromatic nitrogens is 1. The molecule has 0 bridgehead atoms. The molecule has 2 atom stereocenters. The number of rotatable bonds is 8. The minimum Gasteiger partial charge on any atom is -0.465 e. The van der Waals surface area contributed by atoms with Crippen molar-refractivity contribution in [3.8, 4) is 0 Å². The summed E-state index contributed by atoms with van der Waals surface area (Å²) in [5.41, 5.74) is 2.23. The lowest BCUT2D eigenvalue weighted by Gasteiger charge is -2.39. The van der Waals surface area contributed by atoms with Gasteiger partial charge in [0.1, 0.15) is 5.54 Å². The summed E-state index contributed by atoms with van der Waals surface area (Å²) >= 11 is 0. The Labute approximate surface area is 221 Å². The van der Waals surface area contributed by atoms with E-state index in [0.29, 0.717) is 0 Å². The van der Waals surface area contributed by atoms with Crippen LogP contribution in [-0.2, 0) is 17.8 Å². The number of H-pyrrole nitrogens is 1. The van der Waals surface area contributed by atoms with Gasteiger partial charge in [-0.25, -0.2) is 4.79 Å². The number of carboxylic acid groups (broad SMARTS) is 1. The number of benzene rings is 4. The molecule has 0 aliphatic carbocycles. The normalized spacial score (nSPS) is 13.6. The van der Waals surface area contributed by atoms with Gasteiger partial charge in [0.2, 0.25) is 5.91 Å². The molecule has 0 aliphatic rings. The number of aromatic amines is 1. The van der Waals surface area contributed by atoms with E-state index in [9.17, 15) is 14.7 Å². The minimum atomic E-state index is -1.39. The van der Waals surface area contributed by atoms with E-state index in [1.807, 2.05) is 110 Å². The van der Waals surface area contributed by atoms with E-state index in [-0.39, 0.29) is 24.9 Å². The van der Waals surface area contributed by atoms with Crippen molar-refractivity contribution >= 4 is 33.7 Å². The molecule has 192 valence electrons. The number of amides is 2. The number of para-hydroxylation sites is 1. The second kappa shape index (κ2) is 10.4. The smallest absolute Gasteiger partial charge is 0.408 e. The van der Waals surface area contributed by atoms with Gasteiger partial charge in [0, 0.05) is 23.5 Å². The summed E-state index contributed by atoms with van der Waals surface area (Å²) in [7, 11) is 0. The molecule has 0 aliphatic heterocycles. The molecule has 6 nitrogen and oxygen atoms in total. The fraction of sp³-hybridized carbons (Fsp3) is 0.188. The largest absolute Gasteiger partial charge is 0.465 e. The minimum absolute atomic E-state index is 0.0721. The summed E-state index contributed by atoms with van der Waals surface area (Å²) in [6, 6.07) is 31.0. The van der Waals surface area contributed by atoms with Gasteiger partial charge in [-0.1, -0.05) is 91.0 Å². The fourth-order valence-corrected chi connectivity index (χ4v) is 5.18. The monoisotopic (exact) mass is 505 g/mol. The molecule has 6 heteroatoms. The molecule has 0 fully saturated rings. The van der Waals surface area contributed by atoms with Gasteiger partial charge in [-0.15, -0.1) is 0 Å². The SMILES string of the molecule is CC(NC(=O)C(C)(Cc1c[nH]c2ccccc12)N(Cc1cccc2ccccc12)C(=O)O)c1ccccc1. The van der Waals surface area contributed by atoms with Crippen LogP contribution in [0, 0.1) is 0 Å². The van der Waals surface area contributed by atoms with Crippen LogP contribution in [0.5, 0.6) is 0 Å². The van der Waals surface area contributed by atoms with Gasteiger partial charge >= 0.3 is 6.09 Å². The summed E-state index contributed by atoms with van der Waals surface area (Å²) in [6.07, 6.45) is 0.929. The molecule has 4 aromatic carbocycles. The molecule has 1 aromatic heterocycles. The number of hydrogen-bond acceptors (Lipinski definition) is 2. The first kappa shape index (κ1) is 25.1. The zero-order valence-electron chi connectivity index (χ0n) is 21.5. The first-order chi connectivity index (χ1) is 18.4. The summed E-state index contributed by atoms with van der Waals surface area (Å²) < 4.78 is 0. The number of carbonyl (C=O) groups excluding carboxylic acids is 1. The highest BCUT2D eigenvalue weighted by Crippen LogP contribution is 2.31. The van der Waals surface area contributed by atoms with Crippen LogP contribution < -0.4 is 5.32 Å². The van der Waals surface area contributed by atoms with Gasteiger partial charge in [0.05, 0.1) is 12.6 Å². The molecule has 2 amide bonds. The molecule has 0 spiro atoms. The third-order valence-electron chi connectivity index (χ3n) is 7.38. The number of nitrogens with zero attached hydrogens (tertiary/aromatic N) is 1. The number of carbonyl (C=O) groups is 2. The maximum absolute atomic E-state index is 14.1. The van der Waals surface area contributed by atoms with Gasteiger partial charge in [-0.05, 0) is 47.4 Å². The van der Waals surface area contributed by atoms with Crippen LogP contribution in [-0.4, -0.2) is 32.5 Å². The lowest BCUT2D eigenvalue weighted by Crippen LogP contribution is -2.59. The second-order valence-corrected chi connectivity index (χ2v) is 9.92. The molecule has 0 saturated carbocycles. The van der Waals surface area contributed by atoms with Crippen LogP contribution in [0.15, 0.2) is 103 Å². The highest BCUT2D eigenvalue weighted by atomic mass is 16.4. The van der Waals surface area contributed by atoms with E-state index in [2.05, 4.69) is 10.3 Å². The van der Waals surface area contributed by atoms with Gasteiger partial charge in [-0.2, -0.15) is 0 Å². The Kier molecular flexibility index (Phi) is 6.88. The van der Waals surface area contributed by atoms with Gasteiger partial charge < -0.3 is 15.4 Å². The molecular formula is C32H31N3O3. The van der Waals surface area contributed by atoms with Crippen molar-refractivity contribution in [3.05, 3.63) is 120 Å². The van der Waals surface area contributed by atoms with E-state index in [1.54, 1.807) is 6.92 Å². The number of nitrogens with one attached hydrogen (secondary N) is 2. The second-order valence-electron chi connectivity index (χ2n) is 9.92. The van der Waals surface area contributed by atoms with Crippen LogP contribution in [0.4, 0.5) is 4.79 Å². The molecule has 38 heavy (non-hydrogen) atoms. The summed E-state index contributed by atoms with van der Waals surface area (Å²) in [5.74, 6) is -0.346. The third kappa shape index (κ3) is 4.85. The quantitative estimate of drug-likeness (QED) is 0.220. The fourth-order valence-electron chi connectivity index (χ4n) is 5.18. The highest BCUT2D eigenvalue weighted by molar-refractivity contribution is 5.92. The summed E-state index contributed by atoms with van der Waals surface area (Å²) in [6.45, 7) is 3.71. The number of hydrogen-bond donors (Lipinski definition) is 3. The Morgan fingerprint density at radius 3 is 2.29 bits per heavy atom. The van der Waals surface area contributed by atoms with E-state index >= 15 is 0 Å². The number of fused-ring (bicyclic) bond motifs is 2. The average Bonchev–Trinajstić information content (AvgIpc) is 3.34. The maximum atomic E-state index is 14.1. The van der Waals surface area contributed by atoms with E-state index < -0.39 is 11.6 Å². The molecule has 0 radical (unpaired) electrons. The van der Waals surface area contributed by atoms with Crippen molar-refractivity contribution < 1.29 is 14.7 Å². The van der Waals surface area contributed by atoms with Crippen molar-refractivity contribution in [2.75, 3.05) is 0 Å². The topological polar surface area (TPSA) is 85.4 Å². The zero-order valence-corrected chi connectivity index (χ0v) is 21.5. The summed E-state index contributed by atoms with van der Waals surface area (Å²) in [5, 5.41) is 16.6. The van der Waals surface area contributed by atoms with Crippen molar-refractivity contribution in [2.45, 2.75) is 38.4 Å². The highest BCUT2D eigenvalue weighted by Gasteiger charge is 2.43. The van der Waals surface area contributed by atoms with Crippen molar-refractivity contribution in [1.82, 2.24) is 15.2 Å². The van der Waals surface area contributed by atoms with Crippen molar-refractivity contribution in [3.63, 3.8) is 0 Å². The maximum Gasteiger partial charge on any atom is 0.408 e. The molecule has 5 rings (SSSR count). The van der Waals surface area contributed by atoms with Crippen LogP contribution in [0.3, 0.4) is 0 Å². The Hall–Kier alpha value is -4.58. The van der Waals surface area contributed by atoms with Gasteiger partial charge in [0.15, 0.2) is 0 Å². The van der Waals surface area contributed by atoms with Crippen LogP contribution >= 0.6 is 0 Å². The summed E-state index contributed by atoms with van der Waals surface area (Å²) in [4.78, 5) is 31.5. The Morgan fingerprint density at radius 2 is 1.53 bits per heavy atom. The Balaban J connectivity index is 1.56.